The van der Waals surface area contributed by atoms with Crippen LogP contribution in [-0.2, 0) is 6.54 Å². The molecular formula is C16H25NO. The van der Waals surface area contributed by atoms with Gasteiger partial charge in [0.05, 0.1) is 7.11 Å². The van der Waals surface area contributed by atoms with Gasteiger partial charge in [-0.3, -0.25) is 0 Å². The van der Waals surface area contributed by atoms with E-state index in [1.165, 1.54) is 24.0 Å². The highest BCUT2D eigenvalue weighted by molar-refractivity contribution is 5.40. The molecule has 1 aliphatic rings. The van der Waals surface area contributed by atoms with Crippen LogP contribution in [0.4, 0.5) is 0 Å². The van der Waals surface area contributed by atoms with Gasteiger partial charge in [-0.2, -0.15) is 0 Å². The number of hydrogen-bond donors (Lipinski definition) is 1. The lowest BCUT2D eigenvalue weighted by Gasteiger charge is -2.35. The molecule has 2 heteroatoms. The number of fused-ring (bicyclic) bond motifs is 1. The van der Waals surface area contributed by atoms with E-state index in [1.54, 1.807) is 7.11 Å². The van der Waals surface area contributed by atoms with Gasteiger partial charge in [-0.05, 0) is 47.9 Å². The van der Waals surface area contributed by atoms with Gasteiger partial charge in [-0.25, -0.2) is 0 Å². The van der Waals surface area contributed by atoms with Crippen molar-refractivity contribution in [2.75, 3.05) is 7.11 Å². The van der Waals surface area contributed by atoms with Crippen LogP contribution < -0.4 is 10.1 Å². The zero-order chi connectivity index (χ0) is 13.1. The molecule has 1 aromatic rings. The Morgan fingerprint density at radius 2 is 2.17 bits per heavy atom. The van der Waals surface area contributed by atoms with Crippen LogP contribution in [0.15, 0.2) is 18.2 Å². The lowest BCUT2D eigenvalue weighted by atomic mass is 9.80. The van der Waals surface area contributed by atoms with Crippen molar-refractivity contribution in [3.63, 3.8) is 0 Å². The number of benzene rings is 1. The minimum Gasteiger partial charge on any atom is -0.497 e. The molecule has 0 aliphatic carbocycles. The van der Waals surface area contributed by atoms with Crippen LogP contribution in [0.25, 0.3) is 0 Å². The van der Waals surface area contributed by atoms with E-state index in [-0.39, 0.29) is 0 Å². The number of ether oxygens (including phenoxy) is 1. The Morgan fingerprint density at radius 1 is 1.39 bits per heavy atom. The van der Waals surface area contributed by atoms with E-state index < -0.39 is 0 Å². The van der Waals surface area contributed by atoms with Crippen LogP contribution >= 0.6 is 0 Å². The first-order valence-electron chi connectivity index (χ1n) is 7.05. The molecule has 1 aromatic carbocycles. The highest BCUT2D eigenvalue weighted by Gasteiger charge is 2.28. The van der Waals surface area contributed by atoms with Crippen molar-refractivity contribution < 1.29 is 4.74 Å². The fraction of sp³-hybridized carbons (Fsp3) is 0.625. The zero-order valence-electron chi connectivity index (χ0n) is 12.0. The summed E-state index contributed by atoms with van der Waals surface area (Å²) in [6.45, 7) is 7.87. The second-order valence-electron chi connectivity index (χ2n) is 5.70. The Morgan fingerprint density at radius 3 is 2.78 bits per heavy atom. The normalized spacial score (nSPS) is 22.9. The number of rotatable bonds is 4. The summed E-state index contributed by atoms with van der Waals surface area (Å²) in [6.07, 6.45) is 2.45. The Bertz CT molecular complexity index is 400. The molecule has 0 saturated heterocycles. The second kappa shape index (κ2) is 5.75. The summed E-state index contributed by atoms with van der Waals surface area (Å²) in [5.74, 6) is 2.35. The smallest absolute Gasteiger partial charge is 0.119 e. The molecule has 0 saturated carbocycles. The maximum absolute atomic E-state index is 5.31. The topological polar surface area (TPSA) is 21.3 Å². The van der Waals surface area contributed by atoms with Crippen LogP contribution in [-0.4, -0.2) is 13.2 Å². The Kier molecular flexibility index (Phi) is 4.28. The average Bonchev–Trinajstić information content (AvgIpc) is 2.37. The SMILES string of the molecule is CCC1c2ccc(OC)cc2CNC1CC(C)C. The Labute approximate surface area is 111 Å². The molecule has 0 fully saturated rings. The molecular weight excluding hydrogens is 222 g/mol. The molecule has 100 valence electrons. The summed E-state index contributed by atoms with van der Waals surface area (Å²) in [7, 11) is 1.73. The van der Waals surface area contributed by atoms with E-state index in [0.29, 0.717) is 12.0 Å². The Hall–Kier alpha value is -1.02. The first kappa shape index (κ1) is 13.4. The molecule has 1 heterocycles. The van der Waals surface area contributed by atoms with Crippen molar-refractivity contribution in [1.29, 1.82) is 0 Å². The second-order valence-corrected chi connectivity index (χ2v) is 5.70. The summed E-state index contributed by atoms with van der Waals surface area (Å²) in [6, 6.07) is 7.16. The van der Waals surface area contributed by atoms with Crippen LogP contribution in [0.1, 0.15) is 50.7 Å². The maximum atomic E-state index is 5.31. The van der Waals surface area contributed by atoms with Crippen LogP contribution in [0.5, 0.6) is 5.75 Å². The molecule has 2 unspecified atom stereocenters. The van der Waals surface area contributed by atoms with Gasteiger partial charge in [-0.1, -0.05) is 26.8 Å². The Balaban J connectivity index is 2.26. The first-order valence-corrected chi connectivity index (χ1v) is 7.05. The van der Waals surface area contributed by atoms with E-state index in [9.17, 15) is 0 Å². The van der Waals surface area contributed by atoms with Gasteiger partial charge in [0.25, 0.3) is 0 Å². The fourth-order valence-corrected chi connectivity index (χ4v) is 3.08. The molecule has 1 aliphatic heterocycles. The van der Waals surface area contributed by atoms with Crippen molar-refractivity contribution in [3.05, 3.63) is 29.3 Å². The maximum Gasteiger partial charge on any atom is 0.119 e. The van der Waals surface area contributed by atoms with Gasteiger partial charge in [0.1, 0.15) is 5.75 Å². The molecule has 1 N–H and O–H groups in total. The molecule has 2 atom stereocenters. The monoisotopic (exact) mass is 247 g/mol. The van der Waals surface area contributed by atoms with E-state index in [4.69, 9.17) is 4.74 Å². The van der Waals surface area contributed by atoms with Gasteiger partial charge in [0, 0.05) is 12.6 Å². The predicted molar refractivity (Wildman–Crippen MR) is 76.1 cm³/mol. The molecule has 0 spiro atoms. The first-order chi connectivity index (χ1) is 8.65. The van der Waals surface area contributed by atoms with Crippen LogP contribution in [0, 0.1) is 5.92 Å². The van der Waals surface area contributed by atoms with E-state index >= 15 is 0 Å². The third-order valence-corrected chi connectivity index (χ3v) is 3.96. The third kappa shape index (κ3) is 2.69. The van der Waals surface area contributed by atoms with Gasteiger partial charge in [-0.15, -0.1) is 0 Å². The molecule has 2 rings (SSSR count). The molecule has 18 heavy (non-hydrogen) atoms. The molecule has 0 amide bonds. The predicted octanol–water partition coefficient (Wildman–Crippen LogP) is 3.71. The number of nitrogens with one attached hydrogen (secondary N) is 1. The lowest BCUT2D eigenvalue weighted by Crippen LogP contribution is -2.40. The van der Waals surface area contributed by atoms with Gasteiger partial charge < -0.3 is 10.1 Å². The molecule has 2 nitrogen and oxygen atoms in total. The van der Waals surface area contributed by atoms with E-state index in [0.717, 1.165) is 18.2 Å². The van der Waals surface area contributed by atoms with Crippen LogP contribution in [0.3, 0.4) is 0 Å². The summed E-state index contributed by atoms with van der Waals surface area (Å²) < 4.78 is 5.31. The van der Waals surface area contributed by atoms with Crippen molar-refractivity contribution in [2.24, 2.45) is 5.92 Å². The van der Waals surface area contributed by atoms with E-state index in [2.05, 4.69) is 44.3 Å². The summed E-state index contributed by atoms with van der Waals surface area (Å²) in [5.41, 5.74) is 2.92. The van der Waals surface area contributed by atoms with Crippen molar-refractivity contribution in [1.82, 2.24) is 5.32 Å². The minimum atomic E-state index is 0.621. The van der Waals surface area contributed by atoms with Gasteiger partial charge >= 0.3 is 0 Å². The fourth-order valence-electron chi connectivity index (χ4n) is 3.08. The third-order valence-electron chi connectivity index (χ3n) is 3.96. The van der Waals surface area contributed by atoms with Crippen molar-refractivity contribution in [2.45, 2.75) is 52.1 Å². The molecule has 0 radical (unpaired) electrons. The molecule has 0 bridgehead atoms. The van der Waals surface area contributed by atoms with Gasteiger partial charge in [0.2, 0.25) is 0 Å². The zero-order valence-corrected chi connectivity index (χ0v) is 12.0. The number of methoxy groups -OCH3 is 1. The van der Waals surface area contributed by atoms with Crippen LogP contribution in [0.2, 0.25) is 0 Å². The van der Waals surface area contributed by atoms with E-state index in [1.807, 2.05) is 0 Å². The summed E-state index contributed by atoms with van der Waals surface area (Å²) in [5, 5.41) is 3.70. The van der Waals surface area contributed by atoms with Crippen molar-refractivity contribution >= 4 is 0 Å². The van der Waals surface area contributed by atoms with Gasteiger partial charge in [0.15, 0.2) is 0 Å². The highest BCUT2D eigenvalue weighted by Crippen LogP contribution is 2.35. The quantitative estimate of drug-likeness (QED) is 0.876. The molecule has 0 aromatic heterocycles. The minimum absolute atomic E-state index is 0.621. The number of hydrogen-bond acceptors (Lipinski definition) is 2. The average molecular weight is 247 g/mol. The largest absolute Gasteiger partial charge is 0.497 e. The van der Waals surface area contributed by atoms with Crippen molar-refractivity contribution in [3.8, 4) is 5.75 Å². The standard InChI is InChI=1S/C16H25NO/c1-5-14-15-7-6-13(18-4)9-12(15)10-17-16(14)8-11(2)3/h6-7,9,11,14,16-17H,5,8,10H2,1-4H3. The summed E-state index contributed by atoms with van der Waals surface area (Å²) in [4.78, 5) is 0. The lowest BCUT2D eigenvalue weighted by molar-refractivity contribution is 0.335. The summed E-state index contributed by atoms with van der Waals surface area (Å²) >= 11 is 0. The highest BCUT2D eigenvalue weighted by atomic mass is 16.5.